The quantitative estimate of drug-likeness (QED) is 0.634. The first-order chi connectivity index (χ1) is 9.03. The van der Waals surface area contributed by atoms with Crippen LogP contribution in [0.3, 0.4) is 0 Å². The fourth-order valence-electron chi connectivity index (χ4n) is 1.41. The van der Waals surface area contributed by atoms with Gasteiger partial charge in [0.2, 0.25) is 0 Å². The number of carbonyl (C=O) groups excluding carboxylic acids is 1. The zero-order chi connectivity index (χ0) is 13.9. The first-order valence-electron chi connectivity index (χ1n) is 5.27. The molecule has 0 amide bonds. The van der Waals surface area contributed by atoms with Crippen molar-refractivity contribution in [2.45, 2.75) is 4.90 Å². The Bertz CT molecular complexity index is 696. The molecule has 0 atom stereocenters. The molecule has 2 rings (SSSR count). The zero-order valence-electron chi connectivity index (χ0n) is 9.62. The summed E-state index contributed by atoms with van der Waals surface area (Å²) >= 11 is 3.16. The summed E-state index contributed by atoms with van der Waals surface area (Å²) in [6, 6.07) is 12.2. The second-order valence-corrected chi connectivity index (χ2v) is 6.06. The Morgan fingerprint density at radius 1 is 1.05 bits per heavy atom. The topological polar surface area (TPSA) is 60.4 Å². The van der Waals surface area contributed by atoms with E-state index in [1.54, 1.807) is 18.2 Å². The summed E-state index contributed by atoms with van der Waals surface area (Å²) in [6.07, 6.45) is 0.667. The van der Waals surface area contributed by atoms with Crippen LogP contribution in [-0.2, 0) is 10.1 Å². The van der Waals surface area contributed by atoms with Gasteiger partial charge in [-0.1, -0.05) is 18.2 Å². The minimum atomic E-state index is -3.87. The maximum atomic E-state index is 12.0. The molecule has 0 saturated heterocycles. The molecule has 0 unspecified atom stereocenters. The van der Waals surface area contributed by atoms with E-state index in [4.69, 9.17) is 4.18 Å². The maximum Gasteiger partial charge on any atom is 0.339 e. The molecule has 0 spiro atoms. The van der Waals surface area contributed by atoms with Crippen LogP contribution in [0.15, 0.2) is 57.9 Å². The standard InChI is InChI=1S/C13H9BrO4S/c14-12-8-10(9-15)6-7-13(12)18-19(16,17)11-4-2-1-3-5-11/h1-9H. The van der Waals surface area contributed by atoms with Gasteiger partial charge < -0.3 is 4.18 Å². The lowest BCUT2D eigenvalue weighted by Crippen LogP contribution is -2.09. The number of rotatable bonds is 4. The van der Waals surface area contributed by atoms with Crippen molar-refractivity contribution < 1.29 is 17.4 Å². The van der Waals surface area contributed by atoms with E-state index in [1.807, 2.05) is 0 Å². The molecular weight excluding hydrogens is 332 g/mol. The van der Waals surface area contributed by atoms with E-state index in [1.165, 1.54) is 30.3 Å². The Labute approximate surface area is 119 Å². The lowest BCUT2D eigenvalue weighted by Gasteiger charge is -2.08. The highest BCUT2D eigenvalue weighted by atomic mass is 79.9. The fraction of sp³-hybridized carbons (Fsp3) is 0. The van der Waals surface area contributed by atoms with Crippen molar-refractivity contribution >= 4 is 32.3 Å². The summed E-state index contributed by atoms with van der Waals surface area (Å²) < 4.78 is 29.4. The van der Waals surface area contributed by atoms with Gasteiger partial charge in [0.25, 0.3) is 0 Å². The predicted molar refractivity (Wildman–Crippen MR) is 73.8 cm³/mol. The monoisotopic (exact) mass is 340 g/mol. The van der Waals surface area contributed by atoms with E-state index in [2.05, 4.69) is 15.9 Å². The molecule has 4 nitrogen and oxygen atoms in total. The van der Waals surface area contributed by atoms with Crippen molar-refractivity contribution in [3.8, 4) is 5.75 Å². The van der Waals surface area contributed by atoms with Crippen LogP contribution < -0.4 is 4.18 Å². The average Bonchev–Trinajstić information content (AvgIpc) is 2.42. The Kier molecular flexibility index (Phi) is 4.01. The first-order valence-corrected chi connectivity index (χ1v) is 7.47. The molecule has 0 aliphatic rings. The molecule has 0 aliphatic heterocycles. The summed E-state index contributed by atoms with van der Waals surface area (Å²) in [4.78, 5) is 10.7. The van der Waals surface area contributed by atoms with Gasteiger partial charge in [-0.2, -0.15) is 8.42 Å². The molecule has 2 aromatic carbocycles. The molecular formula is C13H9BrO4S. The van der Waals surface area contributed by atoms with Crippen molar-refractivity contribution in [2.24, 2.45) is 0 Å². The Hall–Kier alpha value is -1.66. The average molecular weight is 341 g/mol. The van der Waals surface area contributed by atoms with Crippen molar-refractivity contribution in [2.75, 3.05) is 0 Å². The first kappa shape index (κ1) is 13.8. The van der Waals surface area contributed by atoms with Crippen LogP contribution in [0.2, 0.25) is 0 Å². The van der Waals surface area contributed by atoms with Crippen molar-refractivity contribution in [3.05, 3.63) is 58.6 Å². The normalized spacial score (nSPS) is 11.0. The van der Waals surface area contributed by atoms with Gasteiger partial charge in [0.1, 0.15) is 11.2 Å². The summed E-state index contributed by atoms with van der Waals surface area (Å²) in [6.45, 7) is 0. The number of benzene rings is 2. The predicted octanol–water partition coefficient (Wildman–Crippen LogP) is 3.03. The molecule has 19 heavy (non-hydrogen) atoms. The lowest BCUT2D eigenvalue weighted by molar-refractivity contribution is 0.112. The molecule has 6 heteroatoms. The van der Waals surface area contributed by atoms with Crippen LogP contribution in [-0.4, -0.2) is 14.7 Å². The van der Waals surface area contributed by atoms with Crippen molar-refractivity contribution in [3.63, 3.8) is 0 Å². The number of halogens is 1. The zero-order valence-corrected chi connectivity index (χ0v) is 12.0. The van der Waals surface area contributed by atoms with Gasteiger partial charge in [-0.05, 0) is 46.3 Å². The molecule has 0 aliphatic carbocycles. The van der Waals surface area contributed by atoms with E-state index in [9.17, 15) is 13.2 Å². The molecule has 0 N–H and O–H groups in total. The minimum Gasteiger partial charge on any atom is -0.378 e. The van der Waals surface area contributed by atoms with Crippen LogP contribution in [0.4, 0.5) is 0 Å². The third-order valence-electron chi connectivity index (χ3n) is 2.32. The molecule has 0 saturated carbocycles. The number of hydrogen-bond donors (Lipinski definition) is 0. The maximum absolute atomic E-state index is 12.0. The number of aldehydes is 1. The van der Waals surface area contributed by atoms with E-state index >= 15 is 0 Å². The summed E-state index contributed by atoms with van der Waals surface area (Å²) in [7, 11) is -3.87. The van der Waals surface area contributed by atoms with Gasteiger partial charge in [0, 0.05) is 5.56 Å². The largest absolute Gasteiger partial charge is 0.378 e. The van der Waals surface area contributed by atoms with Gasteiger partial charge >= 0.3 is 10.1 Å². The van der Waals surface area contributed by atoms with Gasteiger partial charge in [0.15, 0.2) is 5.75 Å². The third-order valence-corrected chi connectivity index (χ3v) is 4.19. The SMILES string of the molecule is O=Cc1ccc(OS(=O)(=O)c2ccccc2)c(Br)c1. The van der Waals surface area contributed by atoms with E-state index in [0.29, 0.717) is 16.3 Å². The van der Waals surface area contributed by atoms with Crippen molar-refractivity contribution in [1.82, 2.24) is 0 Å². The highest BCUT2D eigenvalue weighted by Crippen LogP contribution is 2.28. The summed E-state index contributed by atoms with van der Waals surface area (Å²) in [5, 5.41) is 0. The van der Waals surface area contributed by atoms with Crippen LogP contribution in [0, 0.1) is 0 Å². The summed E-state index contributed by atoms with van der Waals surface area (Å²) in [5.74, 6) is 0.134. The van der Waals surface area contributed by atoms with Crippen LogP contribution in [0.25, 0.3) is 0 Å². The Morgan fingerprint density at radius 3 is 2.32 bits per heavy atom. The molecule has 0 aromatic heterocycles. The van der Waals surface area contributed by atoms with Gasteiger partial charge in [-0.25, -0.2) is 0 Å². The Morgan fingerprint density at radius 2 is 1.74 bits per heavy atom. The van der Waals surface area contributed by atoms with Crippen LogP contribution in [0.1, 0.15) is 10.4 Å². The van der Waals surface area contributed by atoms with Gasteiger partial charge in [-0.3, -0.25) is 4.79 Å². The lowest BCUT2D eigenvalue weighted by atomic mass is 10.2. The molecule has 2 aromatic rings. The van der Waals surface area contributed by atoms with Crippen LogP contribution in [0.5, 0.6) is 5.75 Å². The smallest absolute Gasteiger partial charge is 0.339 e. The van der Waals surface area contributed by atoms with Gasteiger partial charge in [-0.15, -0.1) is 0 Å². The molecule has 0 bridgehead atoms. The number of carbonyl (C=O) groups is 1. The molecule has 0 fully saturated rings. The van der Waals surface area contributed by atoms with Crippen LogP contribution >= 0.6 is 15.9 Å². The third kappa shape index (κ3) is 3.21. The van der Waals surface area contributed by atoms with E-state index in [-0.39, 0.29) is 10.6 Å². The Balaban J connectivity index is 2.34. The second kappa shape index (κ2) is 5.54. The summed E-state index contributed by atoms with van der Waals surface area (Å²) in [5.41, 5.74) is 0.427. The number of hydrogen-bond acceptors (Lipinski definition) is 4. The second-order valence-electron chi connectivity index (χ2n) is 3.66. The highest BCUT2D eigenvalue weighted by molar-refractivity contribution is 9.10. The van der Waals surface area contributed by atoms with Gasteiger partial charge in [0.05, 0.1) is 4.47 Å². The molecule has 0 radical (unpaired) electrons. The van der Waals surface area contributed by atoms with E-state index < -0.39 is 10.1 Å². The molecule has 0 heterocycles. The molecule has 98 valence electrons. The minimum absolute atomic E-state index is 0.0707. The van der Waals surface area contributed by atoms with E-state index in [0.717, 1.165) is 0 Å². The fourth-order valence-corrected chi connectivity index (χ4v) is 2.96. The highest BCUT2D eigenvalue weighted by Gasteiger charge is 2.17. The van der Waals surface area contributed by atoms with Crippen molar-refractivity contribution in [1.29, 1.82) is 0 Å².